The summed E-state index contributed by atoms with van der Waals surface area (Å²) in [4.78, 5) is 21.1. The highest BCUT2D eigenvalue weighted by Gasteiger charge is 2.13. The molecule has 1 N–H and O–H groups in total. The highest BCUT2D eigenvalue weighted by molar-refractivity contribution is 5.90. The molecule has 7 heteroatoms. The monoisotopic (exact) mass is 374 g/mol. The second-order valence-electron chi connectivity index (χ2n) is 6.88. The van der Waals surface area contributed by atoms with Gasteiger partial charge in [0.15, 0.2) is 5.65 Å². The number of imidazole rings is 1. The van der Waals surface area contributed by atoms with E-state index in [1.807, 2.05) is 66.4 Å². The fourth-order valence-corrected chi connectivity index (χ4v) is 3.39. The second-order valence-corrected chi connectivity index (χ2v) is 6.88. The molecular formula is C21H22N6O. The molecule has 1 amide bonds. The predicted molar refractivity (Wildman–Crippen MR) is 108 cm³/mol. The number of amides is 1. The summed E-state index contributed by atoms with van der Waals surface area (Å²) >= 11 is 0. The molecule has 0 unspecified atom stereocenters. The molecule has 0 fully saturated rings. The van der Waals surface area contributed by atoms with Gasteiger partial charge in [-0.3, -0.25) is 4.79 Å². The minimum absolute atomic E-state index is 0.0223. The zero-order valence-electron chi connectivity index (χ0n) is 16.2. The maximum atomic E-state index is 12.4. The fraction of sp³-hybridized carbons (Fsp3) is 0.238. The number of aryl methyl sites for hydroxylation is 3. The molecule has 0 atom stereocenters. The third-order valence-corrected chi connectivity index (χ3v) is 4.84. The molecule has 142 valence electrons. The lowest BCUT2D eigenvalue weighted by Gasteiger charge is -2.11. The zero-order chi connectivity index (χ0) is 19.7. The first-order valence-electron chi connectivity index (χ1n) is 9.22. The van der Waals surface area contributed by atoms with Crippen molar-refractivity contribution in [2.24, 2.45) is 0 Å². The van der Waals surface area contributed by atoms with E-state index in [-0.39, 0.29) is 5.91 Å². The van der Waals surface area contributed by atoms with Gasteiger partial charge < -0.3 is 9.88 Å². The molecule has 0 spiro atoms. The Hall–Kier alpha value is -3.48. The quantitative estimate of drug-likeness (QED) is 0.581. The molecule has 3 aromatic heterocycles. The fourth-order valence-electron chi connectivity index (χ4n) is 3.39. The molecule has 0 aliphatic rings. The van der Waals surface area contributed by atoms with Crippen LogP contribution >= 0.6 is 0 Å². The normalized spacial score (nSPS) is 11.1. The number of fused-ring (bicyclic) bond motifs is 1. The van der Waals surface area contributed by atoms with Crippen molar-refractivity contribution in [3.8, 4) is 5.69 Å². The number of benzene rings is 1. The Bertz CT molecular complexity index is 1130. The number of hydrogen-bond acceptors (Lipinski definition) is 4. The van der Waals surface area contributed by atoms with Gasteiger partial charge in [0.25, 0.3) is 0 Å². The maximum Gasteiger partial charge on any atom is 0.224 e. The first kappa shape index (κ1) is 17.9. The Labute approximate surface area is 163 Å². The van der Waals surface area contributed by atoms with E-state index >= 15 is 0 Å². The number of carbonyl (C=O) groups is 1. The van der Waals surface area contributed by atoms with Crippen molar-refractivity contribution in [1.29, 1.82) is 0 Å². The Morgan fingerprint density at radius 1 is 1.14 bits per heavy atom. The number of rotatable bonds is 5. The van der Waals surface area contributed by atoms with E-state index in [9.17, 15) is 4.79 Å². The topological polar surface area (TPSA) is 77.1 Å². The van der Waals surface area contributed by atoms with E-state index in [0.29, 0.717) is 12.8 Å². The van der Waals surface area contributed by atoms with Crippen LogP contribution in [-0.2, 0) is 11.2 Å². The lowest BCUT2D eigenvalue weighted by atomic mass is 10.1. The van der Waals surface area contributed by atoms with Crippen LogP contribution in [0.25, 0.3) is 11.3 Å². The van der Waals surface area contributed by atoms with E-state index in [1.165, 1.54) is 0 Å². The van der Waals surface area contributed by atoms with E-state index in [1.54, 1.807) is 12.5 Å². The molecule has 28 heavy (non-hydrogen) atoms. The van der Waals surface area contributed by atoms with Gasteiger partial charge >= 0.3 is 0 Å². The summed E-state index contributed by atoms with van der Waals surface area (Å²) in [6.07, 6.45) is 6.36. The summed E-state index contributed by atoms with van der Waals surface area (Å²) in [5, 5.41) is 7.44. The van der Waals surface area contributed by atoms with Crippen molar-refractivity contribution in [3.63, 3.8) is 0 Å². The summed E-state index contributed by atoms with van der Waals surface area (Å²) in [6, 6.07) is 9.64. The number of aromatic nitrogens is 5. The van der Waals surface area contributed by atoms with Crippen molar-refractivity contribution in [2.75, 3.05) is 5.32 Å². The number of nitrogens with one attached hydrogen (secondary N) is 1. The zero-order valence-corrected chi connectivity index (χ0v) is 16.2. The van der Waals surface area contributed by atoms with Crippen molar-refractivity contribution in [3.05, 3.63) is 71.7 Å². The molecule has 0 saturated heterocycles. The Balaban J connectivity index is 1.43. The second kappa shape index (κ2) is 7.26. The number of hydrogen-bond donors (Lipinski definition) is 1. The van der Waals surface area contributed by atoms with Crippen molar-refractivity contribution < 1.29 is 4.79 Å². The van der Waals surface area contributed by atoms with E-state index in [0.717, 1.165) is 39.7 Å². The van der Waals surface area contributed by atoms with Gasteiger partial charge in [0, 0.05) is 47.6 Å². The summed E-state index contributed by atoms with van der Waals surface area (Å²) in [7, 11) is 0. The average Bonchev–Trinajstić information content (AvgIpc) is 3.32. The van der Waals surface area contributed by atoms with Crippen molar-refractivity contribution in [1.82, 2.24) is 24.1 Å². The molecule has 0 bridgehead atoms. The maximum absolute atomic E-state index is 12.4. The number of nitrogens with zero attached hydrogens (tertiary/aromatic N) is 5. The van der Waals surface area contributed by atoms with Gasteiger partial charge in [-0.2, -0.15) is 5.10 Å². The van der Waals surface area contributed by atoms with Crippen LogP contribution in [0.3, 0.4) is 0 Å². The van der Waals surface area contributed by atoms with E-state index < -0.39 is 0 Å². The molecule has 4 aromatic rings. The molecule has 0 aliphatic heterocycles. The Morgan fingerprint density at radius 3 is 2.64 bits per heavy atom. The third kappa shape index (κ3) is 3.51. The molecule has 3 heterocycles. The van der Waals surface area contributed by atoms with Gasteiger partial charge in [0.05, 0.1) is 12.0 Å². The Kier molecular flexibility index (Phi) is 4.65. The summed E-state index contributed by atoms with van der Waals surface area (Å²) in [6.45, 7) is 5.96. The molecule has 0 radical (unpaired) electrons. The lowest BCUT2D eigenvalue weighted by molar-refractivity contribution is -0.116. The van der Waals surface area contributed by atoms with Crippen LogP contribution in [0, 0.1) is 20.8 Å². The van der Waals surface area contributed by atoms with Crippen LogP contribution in [0.15, 0.2) is 49.1 Å². The van der Waals surface area contributed by atoms with Gasteiger partial charge in [-0.05, 0) is 57.0 Å². The molecule has 1 aromatic carbocycles. The van der Waals surface area contributed by atoms with E-state index in [2.05, 4.69) is 20.4 Å². The smallest absolute Gasteiger partial charge is 0.224 e. The largest absolute Gasteiger partial charge is 0.326 e. The Morgan fingerprint density at radius 2 is 1.93 bits per heavy atom. The SMILES string of the molecule is Cc1cc2nc(C)c(CCC(=O)Nc3ccc(-n4ccnc4)cc3)c(C)n2n1. The summed E-state index contributed by atoms with van der Waals surface area (Å²) in [5.74, 6) is -0.0223. The minimum atomic E-state index is -0.0223. The van der Waals surface area contributed by atoms with Crippen LogP contribution in [0.5, 0.6) is 0 Å². The standard InChI is InChI=1S/C21H22N6O/c1-14-12-20-23-15(2)19(16(3)27(20)25-14)8-9-21(28)24-17-4-6-18(7-5-17)26-11-10-22-13-26/h4-7,10-13H,8-9H2,1-3H3,(H,24,28). The van der Waals surface area contributed by atoms with Crippen LogP contribution in [0.2, 0.25) is 0 Å². The first-order chi connectivity index (χ1) is 13.5. The first-order valence-corrected chi connectivity index (χ1v) is 9.22. The van der Waals surface area contributed by atoms with E-state index in [4.69, 9.17) is 0 Å². The average molecular weight is 374 g/mol. The van der Waals surface area contributed by atoms with Crippen LogP contribution in [-0.4, -0.2) is 30.1 Å². The number of anilines is 1. The van der Waals surface area contributed by atoms with Gasteiger partial charge in [0.2, 0.25) is 5.91 Å². The molecular weight excluding hydrogens is 352 g/mol. The van der Waals surface area contributed by atoms with Gasteiger partial charge in [-0.15, -0.1) is 0 Å². The van der Waals surface area contributed by atoms with Crippen molar-refractivity contribution in [2.45, 2.75) is 33.6 Å². The van der Waals surface area contributed by atoms with Crippen LogP contribution in [0.1, 0.15) is 29.1 Å². The number of carbonyl (C=O) groups excluding carboxylic acids is 1. The van der Waals surface area contributed by atoms with Crippen LogP contribution in [0.4, 0.5) is 5.69 Å². The third-order valence-electron chi connectivity index (χ3n) is 4.84. The lowest BCUT2D eigenvalue weighted by Crippen LogP contribution is -2.14. The van der Waals surface area contributed by atoms with Crippen LogP contribution < -0.4 is 5.32 Å². The van der Waals surface area contributed by atoms with Gasteiger partial charge in [0.1, 0.15) is 0 Å². The highest BCUT2D eigenvalue weighted by Crippen LogP contribution is 2.18. The van der Waals surface area contributed by atoms with Gasteiger partial charge in [-0.1, -0.05) is 0 Å². The summed E-state index contributed by atoms with van der Waals surface area (Å²) < 4.78 is 3.77. The molecule has 4 rings (SSSR count). The minimum Gasteiger partial charge on any atom is -0.326 e. The summed E-state index contributed by atoms with van der Waals surface area (Å²) in [5.41, 5.74) is 6.61. The predicted octanol–water partition coefficient (Wildman–Crippen LogP) is 3.41. The van der Waals surface area contributed by atoms with Crippen molar-refractivity contribution >= 4 is 17.2 Å². The highest BCUT2D eigenvalue weighted by atomic mass is 16.1. The molecule has 7 nitrogen and oxygen atoms in total. The molecule has 0 saturated carbocycles. The molecule has 0 aliphatic carbocycles. The van der Waals surface area contributed by atoms with Gasteiger partial charge in [-0.25, -0.2) is 14.5 Å².